The van der Waals surface area contributed by atoms with Crippen LogP contribution in [0.15, 0.2) is 0 Å². The van der Waals surface area contributed by atoms with Crippen LogP contribution in [0.5, 0.6) is 0 Å². The average molecular weight is 226 g/mol. The third kappa shape index (κ3) is 5.86. The molecule has 2 heteroatoms. The van der Waals surface area contributed by atoms with Crippen LogP contribution in [-0.4, -0.2) is 36.1 Å². The van der Waals surface area contributed by atoms with E-state index in [1.54, 1.807) is 0 Å². The van der Waals surface area contributed by atoms with Crippen molar-refractivity contribution >= 4 is 0 Å². The average Bonchev–Trinajstić information content (AvgIpc) is 2.96. The Morgan fingerprint density at radius 2 is 1.94 bits per heavy atom. The first-order valence-corrected chi connectivity index (χ1v) is 6.91. The lowest BCUT2D eigenvalue weighted by atomic mass is 10.1. The highest BCUT2D eigenvalue weighted by molar-refractivity contribution is 4.82. The molecule has 0 aromatic carbocycles. The Hall–Kier alpha value is -0.0800. The minimum absolute atomic E-state index is 0.242. The van der Waals surface area contributed by atoms with Crippen molar-refractivity contribution in [3.63, 3.8) is 0 Å². The third-order valence-corrected chi connectivity index (χ3v) is 3.25. The van der Waals surface area contributed by atoms with E-state index in [1.807, 2.05) is 0 Å². The quantitative estimate of drug-likeness (QED) is 0.718. The van der Waals surface area contributed by atoms with E-state index < -0.39 is 0 Å². The van der Waals surface area contributed by atoms with Gasteiger partial charge >= 0.3 is 0 Å². The van der Waals surface area contributed by atoms with Gasteiger partial charge in [0.1, 0.15) is 0 Å². The van der Waals surface area contributed by atoms with E-state index >= 15 is 0 Å². The largest absolute Gasteiger partial charge is 0.311 e. The summed E-state index contributed by atoms with van der Waals surface area (Å²) in [5, 5.41) is 3.61. The Labute approximate surface area is 102 Å². The second-order valence-electron chi connectivity index (χ2n) is 6.42. The molecule has 0 aromatic rings. The maximum Gasteiger partial charge on any atom is 0.0192 e. The summed E-state index contributed by atoms with van der Waals surface area (Å²) in [4.78, 5) is 2.66. The first-order chi connectivity index (χ1) is 7.42. The Kier molecular flexibility index (Phi) is 5.26. The smallest absolute Gasteiger partial charge is 0.0192 e. The molecule has 0 bridgehead atoms. The fourth-order valence-electron chi connectivity index (χ4n) is 1.99. The SMILES string of the molecule is CCCN(CC1CC1)C(C)CNC(C)(C)C. The van der Waals surface area contributed by atoms with Crippen molar-refractivity contribution in [3.8, 4) is 0 Å². The van der Waals surface area contributed by atoms with Gasteiger partial charge in [0.25, 0.3) is 0 Å². The van der Waals surface area contributed by atoms with Crippen LogP contribution in [0.4, 0.5) is 0 Å². The van der Waals surface area contributed by atoms with E-state index in [9.17, 15) is 0 Å². The normalized spacial score (nSPS) is 19.1. The summed E-state index contributed by atoms with van der Waals surface area (Å²) in [6.45, 7) is 15.0. The van der Waals surface area contributed by atoms with Crippen LogP contribution in [0.3, 0.4) is 0 Å². The molecule has 1 unspecified atom stereocenters. The highest BCUT2D eigenvalue weighted by Gasteiger charge is 2.26. The molecule has 2 nitrogen and oxygen atoms in total. The van der Waals surface area contributed by atoms with Gasteiger partial charge in [-0.2, -0.15) is 0 Å². The van der Waals surface area contributed by atoms with E-state index in [-0.39, 0.29) is 5.54 Å². The second kappa shape index (κ2) is 6.02. The van der Waals surface area contributed by atoms with E-state index in [0.717, 1.165) is 12.5 Å². The Bertz CT molecular complexity index is 191. The van der Waals surface area contributed by atoms with Gasteiger partial charge in [-0.15, -0.1) is 0 Å². The molecule has 96 valence electrons. The van der Waals surface area contributed by atoms with Crippen molar-refractivity contribution in [1.29, 1.82) is 0 Å². The van der Waals surface area contributed by atoms with Gasteiger partial charge in [0.05, 0.1) is 0 Å². The lowest BCUT2D eigenvalue weighted by molar-refractivity contribution is 0.187. The molecule has 0 saturated heterocycles. The third-order valence-electron chi connectivity index (χ3n) is 3.25. The zero-order valence-electron chi connectivity index (χ0n) is 11.8. The summed E-state index contributed by atoms with van der Waals surface area (Å²) in [6.07, 6.45) is 4.19. The summed E-state index contributed by atoms with van der Waals surface area (Å²) in [5.41, 5.74) is 0.242. The summed E-state index contributed by atoms with van der Waals surface area (Å²) in [7, 11) is 0. The molecule has 0 radical (unpaired) electrons. The van der Waals surface area contributed by atoms with Crippen molar-refractivity contribution in [3.05, 3.63) is 0 Å². The molecule has 1 aliphatic carbocycles. The monoisotopic (exact) mass is 226 g/mol. The maximum absolute atomic E-state index is 3.61. The van der Waals surface area contributed by atoms with Crippen LogP contribution >= 0.6 is 0 Å². The molecule has 0 aromatic heterocycles. The molecule has 0 aliphatic heterocycles. The van der Waals surface area contributed by atoms with E-state index in [0.29, 0.717) is 6.04 Å². The number of rotatable bonds is 7. The standard InChI is InChI=1S/C14H30N2/c1-6-9-16(11-13-7-8-13)12(2)10-15-14(3,4)5/h12-13,15H,6-11H2,1-5H3. The number of nitrogens with one attached hydrogen (secondary N) is 1. The molecule has 1 aliphatic rings. The van der Waals surface area contributed by atoms with Gasteiger partial charge in [-0.25, -0.2) is 0 Å². The van der Waals surface area contributed by atoms with Gasteiger partial charge < -0.3 is 5.32 Å². The number of nitrogens with zero attached hydrogens (tertiary/aromatic N) is 1. The topological polar surface area (TPSA) is 15.3 Å². The molecule has 0 spiro atoms. The molecule has 0 heterocycles. The molecular weight excluding hydrogens is 196 g/mol. The van der Waals surface area contributed by atoms with Crippen LogP contribution in [0, 0.1) is 5.92 Å². The minimum Gasteiger partial charge on any atom is -0.311 e. The predicted molar refractivity (Wildman–Crippen MR) is 71.8 cm³/mol. The van der Waals surface area contributed by atoms with Gasteiger partial charge in [0, 0.05) is 24.7 Å². The Balaban J connectivity index is 2.30. The molecular formula is C14H30N2. The van der Waals surface area contributed by atoms with Crippen LogP contribution in [-0.2, 0) is 0 Å². The van der Waals surface area contributed by atoms with E-state index in [4.69, 9.17) is 0 Å². The molecule has 1 atom stereocenters. The van der Waals surface area contributed by atoms with E-state index in [2.05, 4.69) is 44.8 Å². The molecule has 1 fully saturated rings. The Morgan fingerprint density at radius 1 is 1.31 bits per heavy atom. The number of hydrogen-bond acceptors (Lipinski definition) is 2. The van der Waals surface area contributed by atoms with Crippen LogP contribution in [0.2, 0.25) is 0 Å². The van der Waals surface area contributed by atoms with Crippen LogP contribution in [0.25, 0.3) is 0 Å². The molecule has 1 N–H and O–H groups in total. The van der Waals surface area contributed by atoms with Crippen LogP contribution in [0.1, 0.15) is 53.9 Å². The molecule has 1 saturated carbocycles. The minimum atomic E-state index is 0.242. The van der Waals surface area contributed by atoms with E-state index in [1.165, 1.54) is 32.4 Å². The van der Waals surface area contributed by atoms with Gasteiger partial charge in [-0.05, 0) is 59.4 Å². The lowest BCUT2D eigenvalue weighted by Crippen LogP contribution is -2.47. The fraction of sp³-hybridized carbons (Fsp3) is 1.00. The second-order valence-corrected chi connectivity index (χ2v) is 6.42. The van der Waals surface area contributed by atoms with Gasteiger partial charge in [-0.1, -0.05) is 6.92 Å². The van der Waals surface area contributed by atoms with Gasteiger partial charge in [-0.3, -0.25) is 4.90 Å². The predicted octanol–water partition coefficient (Wildman–Crippen LogP) is 2.89. The summed E-state index contributed by atoms with van der Waals surface area (Å²) < 4.78 is 0. The maximum atomic E-state index is 3.61. The van der Waals surface area contributed by atoms with Crippen molar-refractivity contribution in [2.24, 2.45) is 5.92 Å². The molecule has 0 amide bonds. The molecule has 1 rings (SSSR count). The summed E-state index contributed by atoms with van der Waals surface area (Å²) >= 11 is 0. The highest BCUT2D eigenvalue weighted by atomic mass is 15.2. The summed E-state index contributed by atoms with van der Waals surface area (Å²) in [6, 6.07) is 0.666. The molecule has 16 heavy (non-hydrogen) atoms. The first-order valence-electron chi connectivity index (χ1n) is 6.91. The van der Waals surface area contributed by atoms with Gasteiger partial charge in [0.15, 0.2) is 0 Å². The first kappa shape index (κ1) is 14.0. The van der Waals surface area contributed by atoms with Gasteiger partial charge in [0.2, 0.25) is 0 Å². The summed E-state index contributed by atoms with van der Waals surface area (Å²) in [5.74, 6) is 1.00. The highest BCUT2D eigenvalue weighted by Crippen LogP contribution is 2.30. The zero-order valence-corrected chi connectivity index (χ0v) is 11.8. The van der Waals surface area contributed by atoms with Crippen molar-refractivity contribution in [1.82, 2.24) is 10.2 Å². The number of hydrogen-bond donors (Lipinski definition) is 1. The lowest BCUT2D eigenvalue weighted by Gasteiger charge is -2.32. The zero-order chi connectivity index (χ0) is 12.2. The fourth-order valence-corrected chi connectivity index (χ4v) is 1.99. The van der Waals surface area contributed by atoms with Crippen molar-refractivity contribution in [2.75, 3.05) is 19.6 Å². The van der Waals surface area contributed by atoms with Crippen molar-refractivity contribution < 1.29 is 0 Å². The van der Waals surface area contributed by atoms with Crippen LogP contribution < -0.4 is 5.32 Å². The Morgan fingerprint density at radius 3 is 2.38 bits per heavy atom. The van der Waals surface area contributed by atoms with Crippen molar-refractivity contribution in [2.45, 2.75) is 65.5 Å².